The Hall–Kier alpha value is -1.90. The van der Waals surface area contributed by atoms with Crippen LogP contribution in [-0.4, -0.2) is 4.98 Å². The van der Waals surface area contributed by atoms with Gasteiger partial charge in [-0.05, 0) is 6.07 Å². The minimum atomic E-state index is -2.86. The first-order valence-electron chi connectivity index (χ1n) is 3.73. The van der Waals surface area contributed by atoms with Gasteiger partial charge in [-0.15, -0.1) is 0 Å². The smallest absolute Gasteiger partial charge is 0.269 e. The van der Waals surface area contributed by atoms with Gasteiger partial charge in [0.2, 0.25) is 0 Å². The molecule has 0 aliphatic heterocycles. The highest BCUT2D eigenvalue weighted by atomic mass is 19.3. The summed E-state index contributed by atoms with van der Waals surface area (Å²) in [4.78, 5) is 13.2. The fraction of sp³-hybridized carbons (Fsp3) is 0.250. The minimum absolute atomic E-state index is 0.00134. The van der Waals surface area contributed by atoms with Crippen molar-refractivity contribution in [2.45, 2.75) is 12.8 Å². The van der Waals surface area contributed by atoms with Gasteiger partial charge >= 0.3 is 0 Å². The van der Waals surface area contributed by atoms with Crippen LogP contribution in [0.4, 0.5) is 14.5 Å². The second-order valence-electron chi connectivity index (χ2n) is 2.62. The summed E-state index contributed by atoms with van der Waals surface area (Å²) in [5, 5.41) is 8.34. The molecule has 4 nitrogen and oxygen atoms in total. The van der Waals surface area contributed by atoms with E-state index in [1.165, 1.54) is 0 Å². The van der Waals surface area contributed by atoms with Crippen LogP contribution in [0, 0.1) is 11.3 Å². The summed E-state index contributed by atoms with van der Waals surface area (Å²) in [5.41, 5.74) is 3.95. The van der Waals surface area contributed by atoms with Crippen molar-refractivity contribution < 1.29 is 8.78 Å². The van der Waals surface area contributed by atoms with Crippen molar-refractivity contribution >= 4 is 5.69 Å². The highest BCUT2D eigenvalue weighted by Crippen LogP contribution is 2.18. The summed E-state index contributed by atoms with van der Waals surface area (Å²) in [7, 11) is 0. The van der Waals surface area contributed by atoms with Crippen molar-refractivity contribution in [1.29, 1.82) is 5.26 Å². The molecule has 1 rings (SSSR count). The molecule has 0 amide bonds. The molecule has 1 aromatic heterocycles. The molecule has 0 aliphatic rings. The zero-order valence-electron chi connectivity index (χ0n) is 7.05. The van der Waals surface area contributed by atoms with Gasteiger partial charge in [0, 0.05) is 0 Å². The van der Waals surface area contributed by atoms with Crippen LogP contribution >= 0.6 is 0 Å². The normalized spacial score (nSPS) is 10.1. The first kappa shape index (κ1) is 10.2. The SMILES string of the molecule is N#CCc1[nH]c(=O)c(C(F)F)cc1N. The van der Waals surface area contributed by atoms with E-state index in [4.69, 9.17) is 11.0 Å². The maximum Gasteiger partial charge on any atom is 0.269 e. The Morgan fingerprint density at radius 1 is 1.64 bits per heavy atom. The number of aromatic nitrogens is 1. The topological polar surface area (TPSA) is 82.7 Å². The van der Waals surface area contributed by atoms with E-state index in [1.807, 2.05) is 0 Å². The van der Waals surface area contributed by atoms with Crippen molar-refractivity contribution in [3.05, 3.63) is 27.7 Å². The number of alkyl halides is 2. The first-order chi connectivity index (χ1) is 6.56. The van der Waals surface area contributed by atoms with E-state index in [0.29, 0.717) is 0 Å². The van der Waals surface area contributed by atoms with Gasteiger partial charge in [-0.3, -0.25) is 4.79 Å². The Labute approximate surface area is 78.0 Å². The van der Waals surface area contributed by atoms with Gasteiger partial charge in [-0.25, -0.2) is 8.78 Å². The number of hydrogen-bond donors (Lipinski definition) is 2. The number of pyridine rings is 1. The average molecular weight is 199 g/mol. The zero-order chi connectivity index (χ0) is 10.7. The largest absolute Gasteiger partial charge is 0.397 e. The number of hydrogen-bond acceptors (Lipinski definition) is 3. The van der Waals surface area contributed by atoms with Crippen LogP contribution in [0.1, 0.15) is 17.7 Å². The van der Waals surface area contributed by atoms with Gasteiger partial charge < -0.3 is 10.7 Å². The van der Waals surface area contributed by atoms with E-state index < -0.39 is 17.5 Å². The van der Waals surface area contributed by atoms with Crippen LogP contribution in [0.25, 0.3) is 0 Å². The monoisotopic (exact) mass is 199 g/mol. The molecule has 3 N–H and O–H groups in total. The third kappa shape index (κ3) is 1.88. The standard InChI is InChI=1S/C8H7F2N3O/c9-7(10)4-3-5(12)6(1-2-11)13-8(4)14/h3,7H,1,12H2,(H,13,14). The van der Waals surface area contributed by atoms with Crippen LogP contribution in [0.5, 0.6) is 0 Å². The fourth-order valence-electron chi connectivity index (χ4n) is 0.989. The maximum atomic E-state index is 12.2. The number of rotatable bonds is 2. The van der Waals surface area contributed by atoms with Gasteiger partial charge in [-0.2, -0.15) is 5.26 Å². The lowest BCUT2D eigenvalue weighted by atomic mass is 10.2. The lowest BCUT2D eigenvalue weighted by Gasteiger charge is -2.04. The van der Waals surface area contributed by atoms with Gasteiger partial charge in [0.25, 0.3) is 12.0 Å². The molecular formula is C8H7F2N3O. The summed E-state index contributed by atoms with van der Waals surface area (Å²) in [6, 6.07) is 2.66. The molecule has 0 unspecified atom stereocenters. The number of nitrogens with one attached hydrogen (secondary N) is 1. The highest BCUT2D eigenvalue weighted by molar-refractivity contribution is 5.46. The van der Waals surface area contributed by atoms with Crippen molar-refractivity contribution in [2.75, 3.05) is 5.73 Å². The lowest BCUT2D eigenvalue weighted by Crippen LogP contribution is -2.16. The summed E-state index contributed by atoms with van der Waals surface area (Å²) < 4.78 is 24.4. The number of nitrogens with zero attached hydrogens (tertiary/aromatic N) is 1. The number of H-pyrrole nitrogens is 1. The van der Waals surface area contributed by atoms with Crippen LogP contribution in [-0.2, 0) is 6.42 Å². The van der Waals surface area contributed by atoms with E-state index >= 15 is 0 Å². The molecule has 0 fully saturated rings. The fourth-order valence-corrected chi connectivity index (χ4v) is 0.989. The van der Waals surface area contributed by atoms with E-state index in [2.05, 4.69) is 4.98 Å². The van der Waals surface area contributed by atoms with Crippen molar-refractivity contribution in [3.8, 4) is 6.07 Å². The molecule has 0 saturated heterocycles. The van der Waals surface area contributed by atoms with Crippen LogP contribution in [0.15, 0.2) is 10.9 Å². The second kappa shape index (κ2) is 3.87. The van der Waals surface area contributed by atoms with Gasteiger partial charge in [0.1, 0.15) is 0 Å². The highest BCUT2D eigenvalue weighted by Gasteiger charge is 2.14. The summed E-state index contributed by atoms with van der Waals surface area (Å²) in [6.07, 6.45) is -2.97. The Balaban J connectivity index is 3.26. The van der Waals surface area contributed by atoms with Crippen molar-refractivity contribution in [2.24, 2.45) is 0 Å². The number of nitrogens with two attached hydrogens (primary N) is 1. The van der Waals surface area contributed by atoms with Crippen LogP contribution in [0.2, 0.25) is 0 Å². The van der Waals surface area contributed by atoms with E-state index in [-0.39, 0.29) is 17.8 Å². The first-order valence-corrected chi connectivity index (χ1v) is 3.73. The minimum Gasteiger partial charge on any atom is -0.397 e. The zero-order valence-corrected chi connectivity index (χ0v) is 7.05. The van der Waals surface area contributed by atoms with E-state index in [0.717, 1.165) is 6.07 Å². The third-order valence-electron chi connectivity index (χ3n) is 1.68. The molecule has 0 atom stereocenters. The molecule has 14 heavy (non-hydrogen) atoms. The number of halogens is 2. The Kier molecular flexibility index (Phi) is 2.82. The molecule has 1 aromatic rings. The molecule has 6 heteroatoms. The van der Waals surface area contributed by atoms with Crippen LogP contribution < -0.4 is 11.3 Å². The second-order valence-corrected chi connectivity index (χ2v) is 2.62. The molecular weight excluding hydrogens is 192 g/mol. The molecule has 0 saturated carbocycles. The predicted molar refractivity (Wildman–Crippen MR) is 45.7 cm³/mol. The summed E-state index contributed by atoms with van der Waals surface area (Å²) >= 11 is 0. The number of nitrogen functional groups attached to an aromatic ring is 1. The van der Waals surface area contributed by atoms with Gasteiger partial charge in [0.05, 0.1) is 29.4 Å². The number of aromatic amines is 1. The van der Waals surface area contributed by atoms with Gasteiger partial charge in [0.15, 0.2) is 0 Å². The Bertz CT molecular complexity index is 433. The molecule has 0 bridgehead atoms. The van der Waals surface area contributed by atoms with Crippen molar-refractivity contribution in [1.82, 2.24) is 4.98 Å². The molecule has 0 radical (unpaired) electrons. The quantitative estimate of drug-likeness (QED) is 0.744. The third-order valence-corrected chi connectivity index (χ3v) is 1.68. The molecule has 0 aliphatic carbocycles. The Morgan fingerprint density at radius 2 is 2.29 bits per heavy atom. The predicted octanol–water partition coefficient (Wildman–Crippen LogP) is 0.961. The molecule has 1 heterocycles. The molecule has 0 aromatic carbocycles. The van der Waals surface area contributed by atoms with Crippen molar-refractivity contribution in [3.63, 3.8) is 0 Å². The van der Waals surface area contributed by atoms with Gasteiger partial charge in [-0.1, -0.05) is 0 Å². The van der Waals surface area contributed by atoms with E-state index in [1.54, 1.807) is 6.07 Å². The number of anilines is 1. The van der Waals surface area contributed by atoms with E-state index in [9.17, 15) is 13.6 Å². The lowest BCUT2D eigenvalue weighted by molar-refractivity contribution is 0.149. The molecule has 74 valence electrons. The summed E-state index contributed by atoms with van der Waals surface area (Å²) in [6.45, 7) is 0. The summed E-state index contributed by atoms with van der Waals surface area (Å²) in [5.74, 6) is 0. The molecule has 0 spiro atoms. The maximum absolute atomic E-state index is 12.2. The number of nitriles is 1. The van der Waals surface area contributed by atoms with Crippen LogP contribution in [0.3, 0.4) is 0 Å². The Morgan fingerprint density at radius 3 is 2.79 bits per heavy atom. The average Bonchev–Trinajstić information content (AvgIpc) is 2.10.